The standard InChI is InChI=1S/C18H19N5O3/c1-11(12-6-17(24)19-7-12)26-16-5-13(10-23-15(16)3-4-22-23)18-20-8-14(25-2)9-21-18/h3-5,8-12H,6-7H2,1-2H3,(H,19,24). The Balaban J connectivity index is 1.67. The van der Waals surface area contributed by atoms with E-state index in [0.29, 0.717) is 30.3 Å². The van der Waals surface area contributed by atoms with E-state index in [1.165, 1.54) is 0 Å². The van der Waals surface area contributed by atoms with Gasteiger partial charge < -0.3 is 14.8 Å². The molecule has 3 aromatic rings. The number of nitrogens with zero attached hydrogens (tertiary/aromatic N) is 4. The molecule has 26 heavy (non-hydrogen) atoms. The molecule has 8 heteroatoms. The Hall–Kier alpha value is -3.16. The van der Waals surface area contributed by atoms with Crippen molar-refractivity contribution in [3.8, 4) is 22.9 Å². The first-order valence-electron chi connectivity index (χ1n) is 8.41. The number of methoxy groups -OCH3 is 1. The lowest BCUT2D eigenvalue weighted by molar-refractivity contribution is -0.119. The number of hydrogen-bond donors (Lipinski definition) is 1. The van der Waals surface area contributed by atoms with Crippen molar-refractivity contribution in [1.29, 1.82) is 0 Å². The third-order valence-electron chi connectivity index (χ3n) is 4.58. The van der Waals surface area contributed by atoms with E-state index in [-0.39, 0.29) is 17.9 Å². The van der Waals surface area contributed by atoms with Crippen LogP contribution in [0.3, 0.4) is 0 Å². The second kappa shape index (κ2) is 6.62. The zero-order valence-electron chi connectivity index (χ0n) is 14.5. The van der Waals surface area contributed by atoms with Crippen molar-refractivity contribution in [1.82, 2.24) is 24.9 Å². The predicted molar refractivity (Wildman–Crippen MR) is 94.0 cm³/mol. The van der Waals surface area contributed by atoms with Crippen LogP contribution in [0.2, 0.25) is 0 Å². The fourth-order valence-electron chi connectivity index (χ4n) is 3.04. The molecule has 1 saturated heterocycles. The van der Waals surface area contributed by atoms with Crippen molar-refractivity contribution in [2.75, 3.05) is 13.7 Å². The lowest BCUT2D eigenvalue weighted by atomic mass is 10.0. The molecule has 1 fully saturated rings. The van der Waals surface area contributed by atoms with E-state index in [0.717, 1.165) is 11.1 Å². The number of carbonyl (C=O) groups excluding carboxylic acids is 1. The van der Waals surface area contributed by atoms with Gasteiger partial charge >= 0.3 is 0 Å². The number of amides is 1. The molecule has 0 bridgehead atoms. The van der Waals surface area contributed by atoms with Crippen molar-refractivity contribution in [3.63, 3.8) is 0 Å². The van der Waals surface area contributed by atoms with Crippen molar-refractivity contribution in [3.05, 3.63) is 36.9 Å². The number of carbonyl (C=O) groups is 1. The van der Waals surface area contributed by atoms with E-state index in [9.17, 15) is 4.79 Å². The van der Waals surface area contributed by atoms with Crippen molar-refractivity contribution in [2.24, 2.45) is 5.92 Å². The van der Waals surface area contributed by atoms with Crippen LogP contribution in [0.15, 0.2) is 36.9 Å². The average molecular weight is 353 g/mol. The van der Waals surface area contributed by atoms with E-state index in [4.69, 9.17) is 9.47 Å². The van der Waals surface area contributed by atoms with Crippen LogP contribution in [0.1, 0.15) is 13.3 Å². The molecule has 3 aromatic heterocycles. The van der Waals surface area contributed by atoms with Gasteiger partial charge in [0.15, 0.2) is 11.6 Å². The van der Waals surface area contributed by atoms with E-state index < -0.39 is 0 Å². The summed E-state index contributed by atoms with van der Waals surface area (Å²) < 4.78 is 13.0. The first-order chi connectivity index (χ1) is 12.6. The van der Waals surface area contributed by atoms with Crippen LogP contribution < -0.4 is 14.8 Å². The zero-order chi connectivity index (χ0) is 18.1. The molecule has 0 aromatic carbocycles. The Labute approximate surface area is 150 Å². The van der Waals surface area contributed by atoms with E-state index in [2.05, 4.69) is 20.4 Å². The lowest BCUT2D eigenvalue weighted by Crippen LogP contribution is -2.25. The molecule has 0 radical (unpaired) electrons. The summed E-state index contributed by atoms with van der Waals surface area (Å²) in [5.74, 6) is 2.05. The average Bonchev–Trinajstić information content (AvgIpc) is 3.30. The lowest BCUT2D eigenvalue weighted by Gasteiger charge is -2.20. The first kappa shape index (κ1) is 16.3. The Morgan fingerprint density at radius 3 is 2.85 bits per heavy atom. The second-order valence-corrected chi connectivity index (χ2v) is 6.29. The Morgan fingerprint density at radius 1 is 1.35 bits per heavy atom. The van der Waals surface area contributed by atoms with Gasteiger partial charge in [-0.1, -0.05) is 0 Å². The molecule has 1 N–H and O–H groups in total. The topological polar surface area (TPSA) is 90.6 Å². The summed E-state index contributed by atoms with van der Waals surface area (Å²) in [6.45, 7) is 2.62. The van der Waals surface area contributed by atoms with Gasteiger partial charge in [-0.2, -0.15) is 5.10 Å². The highest BCUT2D eigenvalue weighted by atomic mass is 16.5. The van der Waals surface area contributed by atoms with Gasteiger partial charge in [0, 0.05) is 30.6 Å². The summed E-state index contributed by atoms with van der Waals surface area (Å²) in [5, 5.41) is 7.15. The minimum absolute atomic E-state index is 0.0698. The molecule has 0 aliphatic carbocycles. The van der Waals surface area contributed by atoms with Gasteiger partial charge in [-0.05, 0) is 19.1 Å². The highest BCUT2D eigenvalue weighted by Crippen LogP contribution is 2.29. The molecule has 2 atom stereocenters. The molecule has 4 rings (SSSR count). The quantitative estimate of drug-likeness (QED) is 0.751. The minimum Gasteiger partial charge on any atom is -0.494 e. The molecule has 0 spiro atoms. The SMILES string of the molecule is COc1cnc(-c2cc(OC(C)C3CNC(=O)C3)c3ccnn3c2)nc1. The summed E-state index contributed by atoms with van der Waals surface area (Å²) in [7, 11) is 1.57. The molecule has 4 heterocycles. The molecule has 134 valence electrons. The number of ether oxygens (including phenoxy) is 2. The molecule has 8 nitrogen and oxygen atoms in total. The largest absolute Gasteiger partial charge is 0.494 e. The number of fused-ring (bicyclic) bond motifs is 1. The van der Waals surface area contributed by atoms with Crippen LogP contribution in [0.25, 0.3) is 16.9 Å². The monoisotopic (exact) mass is 353 g/mol. The molecule has 0 saturated carbocycles. The van der Waals surface area contributed by atoms with Crippen LogP contribution in [0.5, 0.6) is 11.5 Å². The molecule has 1 aliphatic heterocycles. The molecular weight excluding hydrogens is 334 g/mol. The van der Waals surface area contributed by atoms with Crippen molar-refractivity contribution in [2.45, 2.75) is 19.4 Å². The van der Waals surface area contributed by atoms with Gasteiger partial charge in [0.25, 0.3) is 0 Å². The normalized spacial score (nSPS) is 17.9. The maximum absolute atomic E-state index is 11.5. The number of hydrogen-bond acceptors (Lipinski definition) is 6. The summed E-state index contributed by atoms with van der Waals surface area (Å²) in [4.78, 5) is 20.1. The summed E-state index contributed by atoms with van der Waals surface area (Å²) in [6.07, 6.45) is 7.18. The van der Waals surface area contributed by atoms with Crippen molar-refractivity contribution < 1.29 is 14.3 Å². The predicted octanol–water partition coefficient (Wildman–Crippen LogP) is 1.70. The maximum Gasteiger partial charge on any atom is 0.220 e. The number of nitrogens with one attached hydrogen (secondary N) is 1. The smallest absolute Gasteiger partial charge is 0.220 e. The molecule has 1 amide bonds. The van der Waals surface area contributed by atoms with Crippen LogP contribution in [0.4, 0.5) is 0 Å². The third kappa shape index (κ3) is 3.05. The highest BCUT2D eigenvalue weighted by Gasteiger charge is 2.28. The number of pyridine rings is 1. The number of rotatable bonds is 5. The first-order valence-corrected chi connectivity index (χ1v) is 8.41. The Bertz CT molecular complexity index is 938. The second-order valence-electron chi connectivity index (χ2n) is 6.29. The molecule has 1 aliphatic rings. The van der Waals surface area contributed by atoms with Gasteiger partial charge in [0.05, 0.1) is 25.7 Å². The van der Waals surface area contributed by atoms with Crippen LogP contribution in [-0.4, -0.2) is 45.2 Å². The highest BCUT2D eigenvalue weighted by molar-refractivity contribution is 5.78. The Kier molecular flexibility index (Phi) is 4.16. The number of aromatic nitrogens is 4. The minimum atomic E-state index is -0.111. The van der Waals surface area contributed by atoms with E-state index in [1.54, 1.807) is 30.2 Å². The summed E-state index contributed by atoms with van der Waals surface area (Å²) >= 11 is 0. The summed E-state index contributed by atoms with van der Waals surface area (Å²) in [6, 6.07) is 3.79. The van der Waals surface area contributed by atoms with E-state index >= 15 is 0 Å². The van der Waals surface area contributed by atoms with Crippen LogP contribution >= 0.6 is 0 Å². The zero-order valence-corrected chi connectivity index (χ0v) is 14.5. The third-order valence-corrected chi connectivity index (χ3v) is 4.58. The summed E-state index contributed by atoms with van der Waals surface area (Å²) in [5.41, 5.74) is 1.64. The van der Waals surface area contributed by atoms with Gasteiger partial charge in [-0.3, -0.25) is 4.79 Å². The van der Waals surface area contributed by atoms with Gasteiger partial charge in [0.2, 0.25) is 5.91 Å². The fourth-order valence-corrected chi connectivity index (χ4v) is 3.04. The van der Waals surface area contributed by atoms with Gasteiger partial charge in [-0.25, -0.2) is 14.5 Å². The van der Waals surface area contributed by atoms with Crippen molar-refractivity contribution >= 4 is 11.4 Å². The van der Waals surface area contributed by atoms with E-state index in [1.807, 2.05) is 25.3 Å². The molecular formula is C18H19N5O3. The van der Waals surface area contributed by atoms with Crippen LogP contribution in [-0.2, 0) is 4.79 Å². The molecule has 2 unspecified atom stereocenters. The maximum atomic E-state index is 11.5. The van der Waals surface area contributed by atoms with Gasteiger partial charge in [-0.15, -0.1) is 0 Å². The van der Waals surface area contributed by atoms with Crippen LogP contribution in [0, 0.1) is 5.92 Å². The fraction of sp³-hybridized carbons (Fsp3) is 0.333. The van der Waals surface area contributed by atoms with Gasteiger partial charge in [0.1, 0.15) is 17.4 Å². The Morgan fingerprint density at radius 2 is 2.15 bits per heavy atom.